The molecular formula is C11H12Br2N2S2. The smallest absolute Gasteiger partial charge is 0.0965 e. The molecule has 2 aromatic rings. The molecule has 2 nitrogen and oxygen atoms in total. The SMILES string of the molecule is CC(CNCc1cc(Br)c(Br)s1)c1nccs1. The first-order valence-corrected chi connectivity index (χ1v) is 8.49. The summed E-state index contributed by atoms with van der Waals surface area (Å²) in [6, 6.07) is 2.15. The van der Waals surface area contributed by atoms with Crippen LogP contribution in [0.5, 0.6) is 0 Å². The number of nitrogens with one attached hydrogen (secondary N) is 1. The van der Waals surface area contributed by atoms with Gasteiger partial charge in [-0.05, 0) is 37.9 Å². The van der Waals surface area contributed by atoms with Crippen molar-refractivity contribution in [3.05, 3.63) is 35.8 Å². The fourth-order valence-corrected chi connectivity index (χ4v) is 4.30. The molecule has 0 spiro atoms. The predicted octanol–water partition coefficient (Wildman–Crippen LogP) is 4.62. The van der Waals surface area contributed by atoms with Crippen molar-refractivity contribution in [3.63, 3.8) is 0 Å². The Hall–Kier alpha value is 0.250. The van der Waals surface area contributed by atoms with Gasteiger partial charge in [0, 0.05) is 39.9 Å². The van der Waals surface area contributed by atoms with Gasteiger partial charge in [0.25, 0.3) is 0 Å². The highest BCUT2D eigenvalue weighted by Gasteiger charge is 2.08. The van der Waals surface area contributed by atoms with E-state index in [1.807, 2.05) is 11.6 Å². The number of thiazole rings is 1. The molecule has 0 amide bonds. The van der Waals surface area contributed by atoms with Crippen LogP contribution in [0.25, 0.3) is 0 Å². The van der Waals surface area contributed by atoms with Crippen molar-refractivity contribution < 1.29 is 0 Å². The van der Waals surface area contributed by atoms with Gasteiger partial charge in [0.2, 0.25) is 0 Å². The highest BCUT2D eigenvalue weighted by Crippen LogP contribution is 2.32. The summed E-state index contributed by atoms with van der Waals surface area (Å²) < 4.78 is 2.29. The van der Waals surface area contributed by atoms with E-state index in [-0.39, 0.29) is 0 Å². The standard InChI is InChI=1S/C11H12Br2N2S2/c1-7(11-15-2-3-16-11)5-14-6-8-4-9(12)10(13)17-8/h2-4,7,14H,5-6H2,1H3. The molecule has 0 aromatic carbocycles. The van der Waals surface area contributed by atoms with Crippen molar-refractivity contribution >= 4 is 54.5 Å². The van der Waals surface area contributed by atoms with Crippen molar-refractivity contribution in [2.24, 2.45) is 0 Å². The second kappa shape index (κ2) is 6.43. The molecule has 6 heteroatoms. The average molecular weight is 396 g/mol. The average Bonchev–Trinajstić information content (AvgIpc) is 2.90. The van der Waals surface area contributed by atoms with Crippen LogP contribution in [0.3, 0.4) is 0 Å². The van der Waals surface area contributed by atoms with E-state index in [0.29, 0.717) is 5.92 Å². The minimum absolute atomic E-state index is 0.474. The monoisotopic (exact) mass is 394 g/mol. The number of hydrogen-bond donors (Lipinski definition) is 1. The fraction of sp³-hybridized carbons (Fsp3) is 0.364. The number of aromatic nitrogens is 1. The number of halogens is 2. The maximum Gasteiger partial charge on any atom is 0.0965 e. The minimum atomic E-state index is 0.474. The summed E-state index contributed by atoms with van der Waals surface area (Å²) in [7, 11) is 0. The molecular weight excluding hydrogens is 384 g/mol. The lowest BCUT2D eigenvalue weighted by Gasteiger charge is -2.08. The Kier molecular flexibility index (Phi) is 5.17. The van der Waals surface area contributed by atoms with Crippen LogP contribution in [0.1, 0.15) is 22.7 Å². The molecule has 1 atom stereocenters. The van der Waals surface area contributed by atoms with Gasteiger partial charge in [-0.2, -0.15) is 0 Å². The van der Waals surface area contributed by atoms with Crippen molar-refractivity contribution in [2.75, 3.05) is 6.54 Å². The van der Waals surface area contributed by atoms with E-state index < -0.39 is 0 Å². The molecule has 0 fully saturated rings. The van der Waals surface area contributed by atoms with Gasteiger partial charge in [0.05, 0.1) is 8.79 Å². The van der Waals surface area contributed by atoms with Gasteiger partial charge in [0.1, 0.15) is 0 Å². The van der Waals surface area contributed by atoms with E-state index in [2.05, 4.69) is 55.2 Å². The van der Waals surface area contributed by atoms with Crippen molar-refractivity contribution in [1.82, 2.24) is 10.3 Å². The number of hydrogen-bond acceptors (Lipinski definition) is 4. The first-order valence-electron chi connectivity index (χ1n) is 5.20. The Bertz CT molecular complexity index is 448. The molecule has 0 bridgehead atoms. The van der Waals surface area contributed by atoms with Crippen LogP contribution >= 0.6 is 54.5 Å². The van der Waals surface area contributed by atoms with Gasteiger partial charge in [-0.15, -0.1) is 22.7 Å². The molecule has 0 radical (unpaired) electrons. The van der Waals surface area contributed by atoms with Gasteiger partial charge in [-0.3, -0.25) is 0 Å². The summed E-state index contributed by atoms with van der Waals surface area (Å²) in [5.41, 5.74) is 0. The van der Waals surface area contributed by atoms with E-state index in [9.17, 15) is 0 Å². The van der Waals surface area contributed by atoms with Gasteiger partial charge < -0.3 is 5.32 Å². The molecule has 2 heterocycles. The Morgan fingerprint density at radius 3 is 2.88 bits per heavy atom. The number of rotatable bonds is 5. The van der Waals surface area contributed by atoms with Crippen LogP contribution in [-0.4, -0.2) is 11.5 Å². The largest absolute Gasteiger partial charge is 0.311 e. The summed E-state index contributed by atoms with van der Waals surface area (Å²) in [6.45, 7) is 4.07. The zero-order valence-electron chi connectivity index (χ0n) is 9.24. The highest BCUT2D eigenvalue weighted by atomic mass is 79.9. The third-order valence-electron chi connectivity index (χ3n) is 2.32. The molecule has 0 aliphatic carbocycles. The quantitative estimate of drug-likeness (QED) is 0.798. The van der Waals surface area contributed by atoms with Crippen LogP contribution in [-0.2, 0) is 6.54 Å². The lowest BCUT2D eigenvalue weighted by Crippen LogP contribution is -2.18. The molecule has 2 rings (SSSR count). The summed E-state index contributed by atoms with van der Waals surface area (Å²) >= 11 is 10.5. The number of nitrogens with zero attached hydrogens (tertiary/aromatic N) is 1. The molecule has 0 aliphatic heterocycles. The van der Waals surface area contributed by atoms with Gasteiger partial charge in [-0.1, -0.05) is 6.92 Å². The van der Waals surface area contributed by atoms with Crippen LogP contribution in [0.15, 0.2) is 25.9 Å². The normalized spacial score (nSPS) is 12.9. The second-order valence-corrected chi connectivity index (χ2v) is 7.97. The highest BCUT2D eigenvalue weighted by molar-refractivity contribution is 9.13. The first kappa shape index (κ1) is 13.7. The molecule has 92 valence electrons. The van der Waals surface area contributed by atoms with E-state index in [1.54, 1.807) is 22.7 Å². The molecule has 0 aliphatic rings. The Balaban J connectivity index is 1.80. The van der Waals surface area contributed by atoms with E-state index >= 15 is 0 Å². The maximum atomic E-state index is 4.33. The summed E-state index contributed by atoms with van der Waals surface area (Å²) in [5.74, 6) is 0.474. The maximum absolute atomic E-state index is 4.33. The van der Waals surface area contributed by atoms with Gasteiger partial charge in [0.15, 0.2) is 0 Å². The third-order valence-corrected chi connectivity index (χ3v) is 6.58. The fourth-order valence-electron chi connectivity index (χ4n) is 1.46. The Labute approximate surface area is 126 Å². The van der Waals surface area contributed by atoms with E-state index in [4.69, 9.17) is 0 Å². The summed E-state index contributed by atoms with van der Waals surface area (Å²) in [6.07, 6.45) is 1.87. The van der Waals surface area contributed by atoms with E-state index in [0.717, 1.165) is 21.3 Å². The molecule has 1 unspecified atom stereocenters. The number of thiophene rings is 1. The third kappa shape index (κ3) is 3.86. The zero-order chi connectivity index (χ0) is 12.3. The Morgan fingerprint density at radius 1 is 1.47 bits per heavy atom. The summed E-state index contributed by atoms with van der Waals surface area (Å²) in [5, 5.41) is 6.69. The van der Waals surface area contributed by atoms with Crippen LogP contribution in [0.4, 0.5) is 0 Å². The molecule has 0 saturated carbocycles. The lowest BCUT2D eigenvalue weighted by atomic mass is 10.2. The van der Waals surface area contributed by atoms with Crippen LogP contribution in [0, 0.1) is 0 Å². The topological polar surface area (TPSA) is 24.9 Å². The molecule has 0 saturated heterocycles. The van der Waals surface area contributed by atoms with Crippen LogP contribution in [0.2, 0.25) is 0 Å². The summed E-state index contributed by atoms with van der Waals surface area (Å²) in [4.78, 5) is 5.65. The lowest BCUT2D eigenvalue weighted by molar-refractivity contribution is 0.616. The first-order chi connectivity index (χ1) is 8.16. The van der Waals surface area contributed by atoms with Gasteiger partial charge >= 0.3 is 0 Å². The molecule has 2 aromatic heterocycles. The van der Waals surface area contributed by atoms with Gasteiger partial charge in [-0.25, -0.2) is 4.98 Å². The zero-order valence-corrected chi connectivity index (χ0v) is 14.0. The Morgan fingerprint density at radius 2 is 2.29 bits per heavy atom. The predicted molar refractivity (Wildman–Crippen MR) is 82.0 cm³/mol. The second-order valence-electron chi connectivity index (χ2n) is 3.74. The van der Waals surface area contributed by atoms with Crippen molar-refractivity contribution in [3.8, 4) is 0 Å². The van der Waals surface area contributed by atoms with E-state index in [1.165, 1.54) is 9.88 Å². The molecule has 1 N–H and O–H groups in total. The minimum Gasteiger partial charge on any atom is -0.311 e. The molecule has 17 heavy (non-hydrogen) atoms. The van der Waals surface area contributed by atoms with Crippen molar-refractivity contribution in [1.29, 1.82) is 0 Å². The van der Waals surface area contributed by atoms with Crippen LogP contribution < -0.4 is 5.32 Å². The van der Waals surface area contributed by atoms with Crippen molar-refractivity contribution in [2.45, 2.75) is 19.4 Å².